The van der Waals surface area contributed by atoms with Gasteiger partial charge in [-0.3, -0.25) is 5.01 Å². The van der Waals surface area contributed by atoms with Crippen LogP contribution in [0, 0.1) is 5.92 Å². The van der Waals surface area contributed by atoms with Gasteiger partial charge in [-0.15, -0.1) is 0 Å². The lowest BCUT2D eigenvalue weighted by molar-refractivity contribution is 0.776. The number of benzene rings is 2. The number of anilines is 1. The van der Waals surface area contributed by atoms with Gasteiger partial charge in [0, 0.05) is 12.5 Å². The molecule has 0 aliphatic carbocycles. The SMILES string of the molecule is CC1CN(c2ccccc2)N=C1c1ccccc1. The molecule has 1 aliphatic rings. The summed E-state index contributed by atoms with van der Waals surface area (Å²) in [7, 11) is 0. The minimum absolute atomic E-state index is 0.465. The van der Waals surface area contributed by atoms with E-state index in [2.05, 4.69) is 60.5 Å². The van der Waals surface area contributed by atoms with Gasteiger partial charge in [-0.1, -0.05) is 55.5 Å². The van der Waals surface area contributed by atoms with Crippen molar-refractivity contribution in [3.8, 4) is 0 Å². The molecule has 2 aromatic rings. The van der Waals surface area contributed by atoms with Crippen LogP contribution in [0.15, 0.2) is 65.8 Å². The topological polar surface area (TPSA) is 15.6 Å². The maximum atomic E-state index is 4.76. The minimum atomic E-state index is 0.465. The van der Waals surface area contributed by atoms with Crippen LogP contribution in [-0.4, -0.2) is 12.3 Å². The van der Waals surface area contributed by atoms with E-state index in [0.29, 0.717) is 5.92 Å². The number of hydrogen-bond donors (Lipinski definition) is 0. The zero-order valence-corrected chi connectivity index (χ0v) is 10.5. The summed E-state index contributed by atoms with van der Waals surface area (Å²) in [5.74, 6) is 0.465. The first-order chi connectivity index (χ1) is 8.84. The first kappa shape index (κ1) is 11.0. The molecule has 1 heterocycles. The van der Waals surface area contributed by atoms with Gasteiger partial charge in [0.25, 0.3) is 0 Å². The molecule has 0 spiro atoms. The molecular formula is C16H16N2. The van der Waals surface area contributed by atoms with E-state index in [-0.39, 0.29) is 0 Å². The number of para-hydroxylation sites is 1. The van der Waals surface area contributed by atoms with Crippen molar-refractivity contribution in [2.24, 2.45) is 11.0 Å². The highest BCUT2D eigenvalue weighted by Gasteiger charge is 2.24. The third kappa shape index (κ3) is 2.02. The van der Waals surface area contributed by atoms with E-state index in [1.54, 1.807) is 0 Å². The Balaban J connectivity index is 1.93. The Morgan fingerprint density at radius 3 is 2.22 bits per heavy atom. The summed E-state index contributed by atoms with van der Waals surface area (Å²) in [6, 6.07) is 20.8. The molecule has 2 heteroatoms. The lowest BCUT2D eigenvalue weighted by Gasteiger charge is -2.13. The van der Waals surface area contributed by atoms with Crippen molar-refractivity contribution in [3.05, 3.63) is 66.2 Å². The quantitative estimate of drug-likeness (QED) is 0.778. The molecule has 0 saturated heterocycles. The van der Waals surface area contributed by atoms with Crippen molar-refractivity contribution in [1.29, 1.82) is 0 Å². The van der Waals surface area contributed by atoms with E-state index in [1.807, 2.05) is 12.1 Å². The second kappa shape index (κ2) is 4.65. The first-order valence-electron chi connectivity index (χ1n) is 6.31. The highest BCUT2D eigenvalue weighted by molar-refractivity contribution is 6.04. The van der Waals surface area contributed by atoms with Crippen LogP contribution < -0.4 is 5.01 Å². The van der Waals surface area contributed by atoms with Crippen molar-refractivity contribution in [1.82, 2.24) is 0 Å². The Morgan fingerprint density at radius 2 is 1.56 bits per heavy atom. The van der Waals surface area contributed by atoms with Crippen molar-refractivity contribution < 1.29 is 0 Å². The van der Waals surface area contributed by atoms with Gasteiger partial charge < -0.3 is 0 Å². The number of rotatable bonds is 2. The lowest BCUT2D eigenvalue weighted by atomic mass is 9.99. The van der Waals surface area contributed by atoms with Crippen LogP contribution in [-0.2, 0) is 0 Å². The summed E-state index contributed by atoms with van der Waals surface area (Å²) in [6.07, 6.45) is 0. The van der Waals surface area contributed by atoms with E-state index in [1.165, 1.54) is 11.3 Å². The van der Waals surface area contributed by atoms with Gasteiger partial charge in [-0.25, -0.2) is 0 Å². The van der Waals surface area contributed by atoms with Gasteiger partial charge in [-0.2, -0.15) is 5.10 Å². The number of hydrogen-bond acceptors (Lipinski definition) is 2. The van der Waals surface area contributed by atoms with E-state index in [4.69, 9.17) is 5.10 Å². The molecule has 2 aromatic carbocycles. The fourth-order valence-corrected chi connectivity index (χ4v) is 2.33. The summed E-state index contributed by atoms with van der Waals surface area (Å²) < 4.78 is 0. The third-order valence-corrected chi connectivity index (χ3v) is 3.27. The van der Waals surface area contributed by atoms with E-state index in [0.717, 1.165) is 12.2 Å². The normalized spacial score (nSPS) is 18.8. The van der Waals surface area contributed by atoms with Gasteiger partial charge >= 0.3 is 0 Å². The van der Waals surface area contributed by atoms with Crippen LogP contribution in [0.5, 0.6) is 0 Å². The zero-order valence-electron chi connectivity index (χ0n) is 10.5. The minimum Gasteiger partial charge on any atom is -0.265 e. The maximum absolute atomic E-state index is 4.76. The average molecular weight is 236 g/mol. The van der Waals surface area contributed by atoms with Crippen LogP contribution in [0.25, 0.3) is 0 Å². The molecule has 18 heavy (non-hydrogen) atoms. The Bertz CT molecular complexity index is 546. The van der Waals surface area contributed by atoms with Crippen LogP contribution in [0.3, 0.4) is 0 Å². The highest BCUT2D eigenvalue weighted by Crippen LogP contribution is 2.24. The molecule has 2 nitrogen and oxygen atoms in total. The van der Waals surface area contributed by atoms with Crippen molar-refractivity contribution in [3.63, 3.8) is 0 Å². The smallest absolute Gasteiger partial charge is 0.0728 e. The van der Waals surface area contributed by atoms with E-state index < -0.39 is 0 Å². The van der Waals surface area contributed by atoms with E-state index >= 15 is 0 Å². The second-order valence-corrected chi connectivity index (χ2v) is 4.67. The van der Waals surface area contributed by atoms with Gasteiger partial charge in [0.15, 0.2) is 0 Å². The molecule has 1 unspecified atom stereocenters. The van der Waals surface area contributed by atoms with Gasteiger partial charge in [0.05, 0.1) is 11.4 Å². The van der Waals surface area contributed by atoms with E-state index in [9.17, 15) is 0 Å². The van der Waals surface area contributed by atoms with Crippen LogP contribution in [0.2, 0.25) is 0 Å². The third-order valence-electron chi connectivity index (χ3n) is 3.27. The molecular weight excluding hydrogens is 220 g/mol. The largest absolute Gasteiger partial charge is 0.265 e. The van der Waals surface area contributed by atoms with Crippen LogP contribution >= 0.6 is 0 Å². The molecule has 3 rings (SSSR count). The summed E-state index contributed by atoms with van der Waals surface area (Å²) in [6.45, 7) is 3.18. The second-order valence-electron chi connectivity index (χ2n) is 4.67. The molecule has 0 N–H and O–H groups in total. The molecule has 0 amide bonds. The van der Waals surface area contributed by atoms with Crippen LogP contribution in [0.4, 0.5) is 5.69 Å². The molecule has 0 saturated carbocycles. The molecule has 1 aliphatic heterocycles. The lowest BCUT2D eigenvalue weighted by Crippen LogP contribution is -2.16. The molecule has 0 bridgehead atoms. The molecule has 1 atom stereocenters. The average Bonchev–Trinajstić information content (AvgIpc) is 2.83. The monoisotopic (exact) mass is 236 g/mol. The molecule has 0 fully saturated rings. The Kier molecular flexibility index (Phi) is 2.85. The summed E-state index contributed by atoms with van der Waals surface area (Å²) in [5, 5.41) is 6.85. The number of hydrazone groups is 1. The summed E-state index contributed by atoms with van der Waals surface area (Å²) >= 11 is 0. The summed E-state index contributed by atoms with van der Waals surface area (Å²) in [5.41, 5.74) is 3.57. The molecule has 0 aromatic heterocycles. The Morgan fingerprint density at radius 1 is 0.944 bits per heavy atom. The Hall–Kier alpha value is -2.09. The van der Waals surface area contributed by atoms with Gasteiger partial charge in [-0.05, 0) is 17.7 Å². The van der Waals surface area contributed by atoms with Gasteiger partial charge in [0.1, 0.15) is 0 Å². The molecule has 0 radical (unpaired) electrons. The Labute approximate surface area is 108 Å². The van der Waals surface area contributed by atoms with Crippen molar-refractivity contribution in [2.45, 2.75) is 6.92 Å². The fourth-order valence-electron chi connectivity index (χ4n) is 2.33. The fraction of sp³-hybridized carbons (Fsp3) is 0.188. The zero-order chi connectivity index (χ0) is 12.4. The van der Waals surface area contributed by atoms with Crippen LogP contribution in [0.1, 0.15) is 12.5 Å². The van der Waals surface area contributed by atoms with Gasteiger partial charge in [0.2, 0.25) is 0 Å². The maximum Gasteiger partial charge on any atom is 0.0728 e. The first-order valence-corrected chi connectivity index (χ1v) is 6.31. The van der Waals surface area contributed by atoms with Crippen molar-refractivity contribution in [2.75, 3.05) is 11.6 Å². The van der Waals surface area contributed by atoms with Crippen molar-refractivity contribution >= 4 is 11.4 Å². The highest BCUT2D eigenvalue weighted by atomic mass is 15.5. The molecule has 90 valence electrons. The predicted octanol–water partition coefficient (Wildman–Crippen LogP) is 3.55. The predicted molar refractivity (Wildman–Crippen MR) is 75.9 cm³/mol. The standard InChI is InChI=1S/C16H16N2/c1-13-12-18(15-10-6-3-7-11-15)17-16(13)14-8-4-2-5-9-14/h2-11,13H,12H2,1H3. The number of nitrogens with zero attached hydrogens (tertiary/aromatic N) is 2. The summed E-state index contributed by atoms with van der Waals surface area (Å²) in [4.78, 5) is 0.